The minimum absolute atomic E-state index is 0.877. The van der Waals surface area contributed by atoms with Crippen LogP contribution in [0.4, 0.5) is 5.69 Å². The molecule has 0 aliphatic heterocycles. The molecule has 0 aromatic heterocycles. The Morgan fingerprint density at radius 1 is 1.18 bits per heavy atom. The lowest BCUT2D eigenvalue weighted by molar-refractivity contribution is 1.12. The number of hydrogen-bond donors (Lipinski definition) is 0. The monoisotopic (exact) mass is 293 g/mol. The van der Waals surface area contributed by atoms with Crippen LogP contribution in [0.1, 0.15) is 25.8 Å². The Kier molecular flexibility index (Phi) is 7.18. The van der Waals surface area contributed by atoms with Gasteiger partial charge in [0.15, 0.2) is 0 Å². The van der Waals surface area contributed by atoms with Crippen LogP contribution in [0.25, 0.3) is 0 Å². The fraction of sp³-hybridized carbons (Fsp3) is 0.238. The van der Waals surface area contributed by atoms with Crippen LogP contribution >= 0.6 is 0 Å². The highest BCUT2D eigenvalue weighted by Crippen LogP contribution is 2.22. The quantitative estimate of drug-likeness (QED) is 0.560. The second-order valence-electron chi connectivity index (χ2n) is 5.54. The Morgan fingerprint density at radius 3 is 2.50 bits per heavy atom. The molecular formula is C21H27N. The molecule has 0 amide bonds. The first kappa shape index (κ1) is 17.8. The van der Waals surface area contributed by atoms with E-state index in [-0.39, 0.29) is 0 Å². The van der Waals surface area contributed by atoms with Crippen LogP contribution in [-0.4, -0.2) is 7.05 Å². The number of hydrogen-bond acceptors (Lipinski definition) is 1. The molecule has 1 aromatic carbocycles. The average Bonchev–Trinajstić information content (AvgIpc) is 2.50. The molecule has 0 bridgehead atoms. The Balaban J connectivity index is 2.68. The second-order valence-corrected chi connectivity index (χ2v) is 5.54. The van der Waals surface area contributed by atoms with Gasteiger partial charge in [0.1, 0.15) is 0 Å². The summed E-state index contributed by atoms with van der Waals surface area (Å²) >= 11 is 0. The van der Waals surface area contributed by atoms with E-state index in [0.29, 0.717) is 0 Å². The van der Waals surface area contributed by atoms with Gasteiger partial charge in [-0.2, -0.15) is 0 Å². The summed E-state index contributed by atoms with van der Waals surface area (Å²) in [6, 6.07) is 8.31. The van der Waals surface area contributed by atoms with Gasteiger partial charge >= 0.3 is 0 Å². The first-order chi connectivity index (χ1) is 10.5. The lowest BCUT2D eigenvalue weighted by Gasteiger charge is -2.21. The van der Waals surface area contributed by atoms with Gasteiger partial charge < -0.3 is 4.90 Å². The van der Waals surface area contributed by atoms with Crippen LogP contribution in [0.3, 0.4) is 0 Å². The Bertz CT molecular complexity index is 615. The number of para-hydroxylation sites is 1. The molecule has 0 saturated carbocycles. The van der Waals surface area contributed by atoms with Crippen molar-refractivity contribution in [2.45, 2.75) is 27.2 Å². The number of likely N-dealkylation sites (N-methyl/N-ethyl adjacent to an activating group) is 1. The molecule has 22 heavy (non-hydrogen) atoms. The van der Waals surface area contributed by atoms with Crippen LogP contribution in [0, 0.1) is 6.92 Å². The van der Waals surface area contributed by atoms with Crippen molar-refractivity contribution < 1.29 is 0 Å². The molecule has 116 valence electrons. The first-order valence-corrected chi connectivity index (χ1v) is 7.58. The normalized spacial score (nSPS) is 12.1. The van der Waals surface area contributed by atoms with E-state index < -0.39 is 0 Å². The molecule has 0 aliphatic carbocycles. The van der Waals surface area contributed by atoms with Gasteiger partial charge in [0.25, 0.3) is 0 Å². The van der Waals surface area contributed by atoms with Crippen molar-refractivity contribution in [3.8, 4) is 0 Å². The van der Waals surface area contributed by atoms with Crippen LogP contribution in [-0.2, 0) is 0 Å². The maximum absolute atomic E-state index is 4.15. The Labute approximate surface area is 135 Å². The number of benzene rings is 1. The van der Waals surface area contributed by atoms with E-state index >= 15 is 0 Å². The molecular weight excluding hydrogens is 266 g/mol. The van der Waals surface area contributed by atoms with Crippen LogP contribution in [0.2, 0.25) is 0 Å². The molecule has 0 spiro atoms. The van der Waals surface area contributed by atoms with Gasteiger partial charge in [-0.3, -0.25) is 0 Å². The number of rotatable bonds is 7. The first-order valence-electron chi connectivity index (χ1n) is 7.58. The smallest absolute Gasteiger partial charge is 0.0437 e. The molecule has 0 N–H and O–H groups in total. The number of allylic oxidation sites excluding steroid dienone is 7. The average molecular weight is 293 g/mol. The van der Waals surface area contributed by atoms with Crippen molar-refractivity contribution >= 4 is 5.69 Å². The van der Waals surface area contributed by atoms with Gasteiger partial charge in [0.05, 0.1) is 0 Å². The summed E-state index contributed by atoms with van der Waals surface area (Å²) in [6.45, 7) is 14.5. The fourth-order valence-electron chi connectivity index (χ4n) is 2.16. The van der Waals surface area contributed by atoms with Crippen LogP contribution in [0.5, 0.6) is 0 Å². The molecule has 0 unspecified atom stereocenters. The predicted molar refractivity (Wildman–Crippen MR) is 100 cm³/mol. The lowest BCUT2D eigenvalue weighted by Crippen LogP contribution is -2.15. The zero-order valence-corrected chi connectivity index (χ0v) is 14.3. The highest BCUT2D eigenvalue weighted by atomic mass is 15.1. The molecule has 0 aliphatic rings. The summed E-state index contributed by atoms with van der Waals surface area (Å²) in [5.41, 5.74) is 5.74. The summed E-state index contributed by atoms with van der Waals surface area (Å²) in [5.74, 6) is 0. The van der Waals surface area contributed by atoms with Crippen molar-refractivity contribution in [1.82, 2.24) is 0 Å². The van der Waals surface area contributed by atoms with Crippen molar-refractivity contribution in [3.63, 3.8) is 0 Å². The summed E-state index contributed by atoms with van der Waals surface area (Å²) in [4.78, 5) is 2.10. The van der Waals surface area contributed by atoms with E-state index in [1.165, 1.54) is 16.8 Å². The summed E-state index contributed by atoms with van der Waals surface area (Å²) in [7, 11) is 2.04. The number of nitrogens with zero attached hydrogens (tertiary/aromatic N) is 1. The molecule has 0 saturated heterocycles. The number of aryl methyl sites for hydroxylation is 1. The number of anilines is 1. The lowest BCUT2D eigenvalue weighted by atomic mass is 10.1. The van der Waals surface area contributed by atoms with Gasteiger partial charge in [-0.25, -0.2) is 0 Å². The minimum atomic E-state index is 0.877. The van der Waals surface area contributed by atoms with E-state index in [9.17, 15) is 0 Å². The molecule has 1 rings (SSSR count). The molecule has 1 nitrogen and oxygen atoms in total. The Morgan fingerprint density at radius 2 is 1.86 bits per heavy atom. The zero-order valence-electron chi connectivity index (χ0n) is 14.3. The van der Waals surface area contributed by atoms with Crippen molar-refractivity contribution in [2.24, 2.45) is 0 Å². The van der Waals surface area contributed by atoms with Crippen molar-refractivity contribution in [1.29, 1.82) is 0 Å². The van der Waals surface area contributed by atoms with Gasteiger partial charge in [-0.1, -0.05) is 66.8 Å². The molecule has 0 fully saturated rings. The Hall–Kier alpha value is -2.28. The highest BCUT2D eigenvalue weighted by molar-refractivity contribution is 5.58. The van der Waals surface area contributed by atoms with E-state index in [4.69, 9.17) is 0 Å². The third kappa shape index (κ3) is 5.61. The molecule has 1 aromatic rings. The van der Waals surface area contributed by atoms with E-state index in [2.05, 4.69) is 56.2 Å². The third-order valence-electron chi connectivity index (χ3n) is 3.50. The van der Waals surface area contributed by atoms with E-state index in [1.807, 2.05) is 44.3 Å². The van der Waals surface area contributed by atoms with E-state index in [0.717, 1.165) is 17.7 Å². The van der Waals surface area contributed by atoms with Gasteiger partial charge in [-0.05, 0) is 44.9 Å². The SMILES string of the molecule is C=C(/C=C\C(=C)N(C)c1ccccc1C)C/C(C)=C/C=C\C. The second kappa shape index (κ2) is 8.89. The molecule has 1 heteroatoms. The largest absolute Gasteiger partial charge is 0.345 e. The van der Waals surface area contributed by atoms with Crippen LogP contribution < -0.4 is 4.90 Å². The van der Waals surface area contributed by atoms with E-state index in [1.54, 1.807) is 0 Å². The van der Waals surface area contributed by atoms with Crippen LogP contribution in [0.15, 0.2) is 84.6 Å². The van der Waals surface area contributed by atoms with Crippen molar-refractivity contribution in [2.75, 3.05) is 11.9 Å². The maximum Gasteiger partial charge on any atom is 0.0437 e. The van der Waals surface area contributed by atoms with Gasteiger partial charge in [0.2, 0.25) is 0 Å². The van der Waals surface area contributed by atoms with Crippen molar-refractivity contribution in [3.05, 3.63) is 90.2 Å². The summed E-state index contributed by atoms with van der Waals surface area (Å²) in [5, 5.41) is 0. The van der Waals surface area contributed by atoms with Gasteiger partial charge in [0, 0.05) is 18.4 Å². The molecule has 0 radical (unpaired) electrons. The topological polar surface area (TPSA) is 3.24 Å². The summed E-state index contributed by atoms with van der Waals surface area (Å²) in [6.07, 6.45) is 11.1. The maximum atomic E-state index is 4.15. The minimum Gasteiger partial charge on any atom is -0.345 e. The summed E-state index contributed by atoms with van der Waals surface area (Å²) < 4.78 is 0. The highest BCUT2D eigenvalue weighted by Gasteiger charge is 2.04. The standard InChI is InChI=1S/C21H27N/c1-7-8-11-17(2)16-18(3)14-15-20(5)22(6)21-13-10-9-12-19(21)4/h7-15H,3,5,16H2,1-2,4,6H3/b8-7-,15-14-,17-11+. The predicted octanol–water partition coefficient (Wildman–Crippen LogP) is 5.97. The fourth-order valence-corrected chi connectivity index (χ4v) is 2.16. The third-order valence-corrected chi connectivity index (χ3v) is 3.50. The zero-order chi connectivity index (χ0) is 16.5. The van der Waals surface area contributed by atoms with Gasteiger partial charge in [-0.15, -0.1) is 0 Å². The molecule has 0 atom stereocenters. The molecule has 0 heterocycles.